The third-order valence-electron chi connectivity index (χ3n) is 11.7. The number of rotatable bonds is 48. The molecule has 32 nitrogen and oxygen atoms in total. The highest BCUT2D eigenvalue weighted by Gasteiger charge is 2.42. The van der Waals surface area contributed by atoms with Crippen LogP contribution >= 0.6 is 0 Å². The minimum absolute atomic E-state index is 0.287. The first kappa shape index (κ1) is 81.5. The number of benzene rings is 1. The number of anilines is 3. The van der Waals surface area contributed by atoms with Crippen molar-refractivity contribution < 1.29 is 138 Å². The molecule has 0 saturated heterocycles. The Morgan fingerprint density at radius 2 is 0.537 bits per heavy atom. The van der Waals surface area contributed by atoms with E-state index in [1.54, 1.807) is 0 Å². The first-order valence-corrected chi connectivity index (χ1v) is 27.4. The molecule has 0 fully saturated rings. The van der Waals surface area contributed by atoms with Gasteiger partial charge in [-0.15, -0.1) is 0 Å². The van der Waals surface area contributed by atoms with Crippen LogP contribution in [0.2, 0.25) is 0 Å². The van der Waals surface area contributed by atoms with E-state index in [2.05, 4.69) is 88.3 Å². The Hall–Kier alpha value is -11.5. The van der Waals surface area contributed by atoms with Crippen LogP contribution in [0.4, 0.5) is 26.7 Å². The summed E-state index contributed by atoms with van der Waals surface area (Å²) in [6.07, 6.45) is 5.37. The molecule has 1 aromatic rings. The molecule has 0 aromatic heterocycles. The molecule has 0 spiro atoms. The number of hydrogen-bond acceptors (Lipinski definition) is 29. The van der Waals surface area contributed by atoms with Crippen molar-refractivity contribution in [3.05, 3.63) is 157 Å². The summed E-state index contributed by atoms with van der Waals surface area (Å²) in [7, 11) is 0. The van der Waals surface area contributed by atoms with Gasteiger partial charge in [-0.25, -0.2) is 62.3 Å². The van der Waals surface area contributed by atoms with E-state index in [-0.39, 0.29) is 17.1 Å². The van der Waals surface area contributed by atoms with Crippen LogP contribution in [-0.4, -0.2) is 195 Å². The van der Waals surface area contributed by atoms with E-state index in [9.17, 15) is 67.1 Å². The third-order valence-corrected chi connectivity index (χ3v) is 11.7. The number of nitrogens with one attached hydrogen (secondary N) is 3. The van der Waals surface area contributed by atoms with Gasteiger partial charge in [0, 0.05) is 90.3 Å². The summed E-state index contributed by atoms with van der Waals surface area (Å²) >= 11 is 0. The number of hydrogen-bond donors (Lipinski definition) is 3. The summed E-state index contributed by atoms with van der Waals surface area (Å²) in [6.45, 7) is 24.9. The maximum Gasteiger partial charge on any atom is 0.412 e. The Morgan fingerprint density at radius 3 is 0.853 bits per heavy atom. The van der Waals surface area contributed by atoms with Crippen LogP contribution in [-0.2, 0) is 129 Å². The molecule has 514 valence electrons. The van der Waals surface area contributed by atoms with Crippen molar-refractivity contribution in [2.75, 3.05) is 122 Å². The van der Waals surface area contributed by atoms with Gasteiger partial charge >= 0.3 is 77.8 Å². The Labute approximate surface area is 544 Å². The van der Waals surface area contributed by atoms with E-state index in [1.165, 1.54) is 0 Å². The van der Waals surface area contributed by atoms with Crippen LogP contribution in [0.15, 0.2) is 157 Å². The van der Waals surface area contributed by atoms with Crippen LogP contribution in [0.5, 0.6) is 0 Å². The molecule has 0 atom stereocenters. The lowest BCUT2D eigenvalue weighted by molar-refractivity contribution is -0.170. The fourth-order valence-electron chi connectivity index (χ4n) is 6.83. The first-order chi connectivity index (χ1) is 45.1. The van der Waals surface area contributed by atoms with Gasteiger partial charge in [0.2, 0.25) is 5.91 Å². The molecule has 1 rings (SSSR count). The number of esters is 11. The molecule has 0 unspecified atom stereocenters. The van der Waals surface area contributed by atoms with E-state index in [0.717, 1.165) is 85.0 Å². The van der Waals surface area contributed by atoms with Gasteiger partial charge < -0.3 is 76.4 Å². The van der Waals surface area contributed by atoms with Crippen molar-refractivity contribution in [1.29, 1.82) is 0 Å². The number of amides is 3. The van der Waals surface area contributed by atoms with Gasteiger partial charge in [-0.05, 0) is 18.2 Å². The van der Waals surface area contributed by atoms with Crippen molar-refractivity contribution in [3.63, 3.8) is 0 Å². The summed E-state index contributed by atoms with van der Waals surface area (Å²) in [5.41, 5.74) is -8.49. The molecule has 32 heteroatoms. The van der Waals surface area contributed by atoms with Gasteiger partial charge in [-0.3, -0.25) is 15.4 Å². The highest BCUT2D eigenvalue weighted by atomic mass is 16.6. The van der Waals surface area contributed by atoms with Crippen molar-refractivity contribution in [2.45, 2.75) is 12.0 Å². The molecule has 0 aliphatic carbocycles. The van der Waals surface area contributed by atoms with Crippen LogP contribution in [0.1, 0.15) is 6.42 Å². The number of carbonyl (C=O) groups excluding carboxylic acids is 14. The Bertz CT molecular complexity index is 2900. The lowest BCUT2D eigenvalue weighted by Gasteiger charge is -2.35. The van der Waals surface area contributed by atoms with E-state index < -0.39 is 218 Å². The molecule has 0 aliphatic heterocycles. The highest BCUT2D eigenvalue weighted by molar-refractivity contribution is 5.96. The average Bonchev–Trinajstić information content (AvgIpc) is 2.94. The first-order valence-electron chi connectivity index (χ1n) is 27.4. The van der Waals surface area contributed by atoms with Crippen molar-refractivity contribution in [2.24, 2.45) is 16.2 Å². The summed E-state index contributed by atoms with van der Waals surface area (Å²) < 4.78 is 80.5. The zero-order valence-electron chi connectivity index (χ0n) is 51.7. The SMILES string of the molecule is C=CC(=O)OCCC(COC(=O)C=C)(COC(=O)C=C)OC(=O)Nc1cc(NC(=O)COCC(COCC(COC(=O)C=C)(COC(=O)C=C)COC(=O)C=C)(COC(=O)C=C)COC(=O)C=C)cc(NC(=O)OCC(COC(=O)C=C)(COC(=O)C=C)COC(=O)C=C)c1. The Balaban J connectivity index is 4.08. The van der Waals surface area contributed by atoms with Crippen LogP contribution in [0, 0.1) is 16.2 Å². The maximum absolute atomic E-state index is 14.0. The van der Waals surface area contributed by atoms with Gasteiger partial charge in [0.05, 0.1) is 37.3 Å². The van der Waals surface area contributed by atoms with E-state index in [4.69, 9.17) is 71.1 Å². The topological polar surface area (TPSA) is 414 Å². The zero-order chi connectivity index (χ0) is 71.5. The van der Waals surface area contributed by atoms with Gasteiger partial charge in [0.15, 0.2) is 5.60 Å². The van der Waals surface area contributed by atoms with Gasteiger partial charge in [0.25, 0.3) is 0 Å². The van der Waals surface area contributed by atoms with E-state index in [1.807, 2.05) is 0 Å². The predicted octanol–water partition coefficient (Wildman–Crippen LogP) is 3.86. The molecule has 1 aromatic carbocycles. The molecule has 0 saturated carbocycles. The average molecular weight is 1340 g/mol. The third kappa shape index (κ3) is 32.9. The fourth-order valence-corrected chi connectivity index (χ4v) is 6.83. The molecule has 95 heavy (non-hydrogen) atoms. The number of carbonyl (C=O) groups is 14. The molecule has 3 amide bonds. The monoisotopic (exact) mass is 1340 g/mol. The second kappa shape index (κ2) is 43.3. The minimum Gasteiger partial charge on any atom is -0.462 e. The summed E-state index contributed by atoms with van der Waals surface area (Å²) in [5, 5.41) is 7.15. The van der Waals surface area contributed by atoms with Crippen molar-refractivity contribution in [3.8, 4) is 0 Å². The molecule has 0 radical (unpaired) electrons. The zero-order valence-corrected chi connectivity index (χ0v) is 51.7. The Morgan fingerprint density at radius 1 is 0.295 bits per heavy atom. The normalized spacial score (nSPS) is 10.7. The van der Waals surface area contributed by atoms with Gasteiger partial charge in [-0.2, -0.15) is 0 Å². The molecule has 0 aliphatic rings. The van der Waals surface area contributed by atoms with E-state index in [0.29, 0.717) is 0 Å². The quantitative estimate of drug-likeness (QED) is 0.0473. The fraction of sp³-hybridized carbons (Fsp3) is 0.333. The molecule has 0 bridgehead atoms. The largest absolute Gasteiger partial charge is 0.462 e. The maximum atomic E-state index is 14.0. The summed E-state index contributed by atoms with van der Waals surface area (Å²) in [4.78, 5) is 177. The van der Waals surface area contributed by atoms with E-state index >= 15 is 0 Å². The molecule has 0 heterocycles. The summed E-state index contributed by atoms with van der Waals surface area (Å²) in [5.74, 6) is -11.9. The van der Waals surface area contributed by atoms with Gasteiger partial charge in [0.1, 0.15) is 84.7 Å². The van der Waals surface area contributed by atoms with Crippen LogP contribution < -0.4 is 16.0 Å². The Kier molecular flexibility index (Phi) is 37.1. The van der Waals surface area contributed by atoms with Crippen LogP contribution in [0.25, 0.3) is 0 Å². The lowest BCUT2D eigenvalue weighted by Crippen LogP contribution is -2.47. The lowest BCUT2D eigenvalue weighted by atomic mass is 9.90. The molecular weight excluding hydrogens is 1260 g/mol. The number of ether oxygens (including phenoxy) is 15. The standard InChI is InChI=1S/C63H73N3O29/c1-12-47(68)83-24-23-63(41-92-56(77)21-10,42-93-57(78)22-11)95-59(80)66-45-26-43(25-44(27-45)65-58(79)94-40-62(37-89-53(74)18-7,38-90-54(75)19-8)39-91-55(76)20-9)64-46(67)28-81-29-60(32-84-48(69)13-2,33-85-49(70)14-3)30-82-31-61(34-86-50(71)15-4,35-87-51(72)16-5)36-88-52(73)17-6/h12-22,25-27H,1-11,23-24,28-42H2,(H,64,67)(H,65,79)(H,66,80). The van der Waals surface area contributed by atoms with Crippen molar-refractivity contribution >= 4 is 101 Å². The van der Waals surface area contributed by atoms with Crippen LogP contribution in [0.3, 0.4) is 0 Å². The molecule has 3 N–H and O–H groups in total. The second-order valence-corrected chi connectivity index (χ2v) is 19.5. The smallest absolute Gasteiger partial charge is 0.412 e. The summed E-state index contributed by atoms with van der Waals surface area (Å²) in [6, 6.07) is 3.23. The van der Waals surface area contributed by atoms with Gasteiger partial charge in [-0.1, -0.05) is 72.4 Å². The second-order valence-electron chi connectivity index (χ2n) is 19.5. The predicted molar refractivity (Wildman–Crippen MR) is 329 cm³/mol. The molecular formula is C63H73N3O29. The highest BCUT2D eigenvalue weighted by Crippen LogP contribution is 2.29. The minimum atomic E-state index is -2.17. The van der Waals surface area contributed by atoms with Crippen molar-refractivity contribution in [1.82, 2.24) is 0 Å².